The largest absolute Gasteiger partial charge is 0.391 e. The molecule has 0 unspecified atom stereocenters. The molecule has 2 nitrogen and oxygen atoms in total. The van der Waals surface area contributed by atoms with Crippen molar-refractivity contribution in [3.63, 3.8) is 0 Å². The Kier molecular flexibility index (Phi) is 4.40. The van der Waals surface area contributed by atoms with Crippen LogP contribution in [-0.4, -0.2) is 29.7 Å². The van der Waals surface area contributed by atoms with Crippen LogP contribution in [0.2, 0.25) is 0 Å². The lowest BCUT2D eigenvalue weighted by molar-refractivity contribution is 0.221. The van der Waals surface area contributed by atoms with E-state index in [-0.39, 0.29) is 12.4 Å². The summed E-state index contributed by atoms with van der Waals surface area (Å²) in [6.07, 6.45) is 8.72. The topological polar surface area (TPSA) is 23.5 Å². The molecule has 1 heterocycles. The van der Waals surface area contributed by atoms with E-state index in [1.165, 1.54) is 6.42 Å². The first-order valence-corrected chi connectivity index (χ1v) is 6.64. The predicted octanol–water partition coefficient (Wildman–Crippen LogP) is 2.93. The second-order valence-corrected chi connectivity index (χ2v) is 4.87. The molecule has 1 fully saturated rings. The third-order valence-corrected chi connectivity index (χ3v) is 3.75. The molecule has 0 atom stereocenters. The Labute approximate surface area is 108 Å². The molecule has 2 rings (SSSR count). The number of halogens is 1. The molecule has 0 aromatic carbocycles. The van der Waals surface area contributed by atoms with Crippen LogP contribution in [0.3, 0.4) is 0 Å². The molecule has 0 aromatic rings. The van der Waals surface area contributed by atoms with E-state index in [0.717, 1.165) is 31.8 Å². The summed E-state index contributed by atoms with van der Waals surface area (Å²) >= 11 is 0. The third kappa shape index (κ3) is 2.92. The van der Waals surface area contributed by atoms with Crippen molar-refractivity contribution in [2.24, 2.45) is 5.92 Å². The molecular weight excluding hydrogens is 229 g/mol. The smallest absolute Gasteiger partial charge is 0.189 e. The van der Waals surface area contributed by atoms with Crippen LogP contribution in [0.1, 0.15) is 26.2 Å². The molecule has 0 radical (unpaired) electrons. The fourth-order valence-corrected chi connectivity index (χ4v) is 2.49. The maximum absolute atomic E-state index is 14.0. The molecule has 0 amide bonds. The molecule has 2 aliphatic rings. The zero-order valence-electron chi connectivity index (χ0n) is 10.8. The summed E-state index contributed by atoms with van der Waals surface area (Å²) in [5.74, 6) is 0.415. The fraction of sp³-hybridized carbons (Fsp3) is 0.533. The Hall–Kier alpha value is -1.31. The van der Waals surface area contributed by atoms with Crippen LogP contribution in [0, 0.1) is 5.92 Å². The van der Waals surface area contributed by atoms with Crippen molar-refractivity contribution in [3.8, 4) is 0 Å². The highest BCUT2D eigenvalue weighted by atomic mass is 19.1. The zero-order chi connectivity index (χ0) is 13.0. The molecule has 0 aromatic heterocycles. The van der Waals surface area contributed by atoms with Crippen molar-refractivity contribution < 1.29 is 9.50 Å². The first kappa shape index (κ1) is 13.1. The molecule has 18 heavy (non-hydrogen) atoms. The monoisotopic (exact) mass is 249 g/mol. The summed E-state index contributed by atoms with van der Waals surface area (Å²) < 4.78 is 14.0. The molecule has 1 aliphatic carbocycles. The summed E-state index contributed by atoms with van der Waals surface area (Å²) in [5.41, 5.74) is 3.71. The van der Waals surface area contributed by atoms with Gasteiger partial charge in [0.15, 0.2) is 5.83 Å². The quantitative estimate of drug-likeness (QED) is 0.777. The lowest BCUT2D eigenvalue weighted by Crippen LogP contribution is -2.33. The molecule has 1 N–H and O–H groups in total. The molecule has 0 bridgehead atoms. The Morgan fingerprint density at radius 1 is 1.44 bits per heavy atom. The number of allylic oxidation sites excluding steroid dienone is 3. The van der Waals surface area contributed by atoms with E-state index >= 15 is 0 Å². The van der Waals surface area contributed by atoms with Crippen LogP contribution < -0.4 is 0 Å². The second-order valence-electron chi connectivity index (χ2n) is 4.87. The van der Waals surface area contributed by atoms with Gasteiger partial charge in [-0.05, 0) is 30.9 Å². The van der Waals surface area contributed by atoms with E-state index < -0.39 is 0 Å². The summed E-state index contributed by atoms with van der Waals surface area (Å²) in [7, 11) is 0. The average molecular weight is 249 g/mol. The fourth-order valence-electron chi connectivity index (χ4n) is 2.49. The highest BCUT2D eigenvalue weighted by Crippen LogP contribution is 2.27. The number of nitrogens with zero attached hydrogens (tertiary/aromatic N) is 1. The first-order chi connectivity index (χ1) is 8.74. The Morgan fingerprint density at radius 3 is 2.78 bits per heavy atom. The number of hydrogen-bond acceptors (Lipinski definition) is 2. The summed E-state index contributed by atoms with van der Waals surface area (Å²) in [5, 5.41) is 9.03. The lowest BCUT2D eigenvalue weighted by Gasteiger charge is -2.33. The van der Waals surface area contributed by atoms with Crippen molar-refractivity contribution in [1.82, 2.24) is 4.90 Å². The van der Waals surface area contributed by atoms with Gasteiger partial charge in [-0.25, -0.2) is 0 Å². The van der Waals surface area contributed by atoms with Crippen LogP contribution in [0.15, 0.2) is 41.1 Å². The molecule has 0 saturated carbocycles. The first-order valence-electron chi connectivity index (χ1n) is 6.64. The average Bonchev–Trinajstić information content (AvgIpc) is 2.60. The maximum Gasteiger partial charge on any atom is 0.189 e. The number of piperidine rings is 1. The van der Waals surface area contributed by atoms with E-state index in [2.05, 4.69) is 17.6 Å². The second kappa shape index (κ2) is 6.03. The van der Waals surface area contributed by atoms with Crippen LogP contribution in [-0.2, 0) is 0 Å². The highest BCUT2D eigenvalue weighted by molar-refractivity contribution is 5.36. The highest BCUT2D eigenvalue weighted by Gasteiger charge is 2.21. The lowest BCUT2D eigenvalue weighted by atomic mass is 9.94. The normalized spacial score (nSPS) is 21.3. The van der Waals surface area contributed by atoms with Crippen LogP contribution in [0.5, 0.6) is 0 Å². The minimum absolute atomic E-state index is 0.178. The standard InChI is InChI=1S/C15H20FNO/c1-2-12-6-8-17(9-7-12)15-5-3-4-13(11-18)10-14(15)16/h3-5,12,18H,2,6-9,11H2,1H3. The Balaban J connectivity index is 2.12. The molecule has 0 spiro atoms. The van der Waals surface area contributed by atoms with Gasteiger partial charge in [0.1, 0.15) is 0 Å². The van der Waals surface area contributed by atoms with Gasteiger partial charge >= 0.3 is 0 Å². The molecule has 3 heteroatoms. The summed E-state index contributed by atoms with van der Waals surface area (Å²) in [6, 6.07) is 0. The number of rotatable bonds is 3. The van der Waals surface area contributed by atoms with E-state index in [1.807, 2.05) is 0 Å². The van der Waals surface area contributed by atoms with Crippen molar-refractivity contribution in [2.45, 2.75) is 26.2 Å². The van der Waals surface area contributed by atoms with Gasteiger partial charge < -0.3 is 10.0 Å². The van der Waals surface area contributed by atoms with Crippen molar-refractivity contribution >= 4 is 0 Å². The van der Waals surface area contributed by atoms with Gasteiger partial charge in [0, 0.05) is 18.7 Å². The molecular formula is C15H20FNO. The number of likely N-dealkylation sites (tertiary alicyclic amines) is 1. The van der Waals surface area contributed by atoms with Gasteiger partial charge in [-0.1, -0.05) is 25.2 Å². The molecule has 98 valence electrons. The van der Waals surface area contributed by atoms with Crippen molar-refractivity contribution in [2.75, 3.05) is 19.7 Å². The van der Waals surface area contributed by atoms with Crippen molar-refractivity contribution in [1.29, 1.82) is 0 Å². The molecule has 1 saturated heterocycles. The minimum atomic E-state index is -0.362. The van der Waals surface area contributed by atoms with Crippen LogP contribution in [0.25, 0.3) is 0 Å². The van der Waals surface area contributed by atoms with Gasteiger partial charge in [-0.2, -0.15) is 4.39 Å². The predicted molar refractivity (Wildman–Crippen MR) is 70.5 cm³/mol. The van der Waals surface area contributed by atoms with Crippen molar-refractivity contribution in [3.05, 3.63) is 41.1 Å². The number of aliphatic hydroxyl groups is 1. The van der Waals surface area contributed by atoms with Gasteiger partial charge in [-0.15, -0.1) is 0 Å². The SMILES string of the molecule is CCC1CCN(C2=CC=CC(CO)=C=C2F)CC1. The third-order valence-electron chi connectivity index (χ3n) is 3.75. The minimum Gasteiger partial charge on any atom is -0.391 e. The van der Waals surface area contributed by atoms with Gasteiger partial charge in [-0.3, -0.25) is 0 Å². The number of hydrogen-bond donors (Lipinski definition) is 1. The summed E-state index contributed by atoms with van der Waals surface area (Å²) in [6.45, 7) is 3.84. The van der Waals surface area contributed by atoms with E-state index in [9.17, 15) is 4.39 Å². The summed E-state index contributed by atoms with van der Waals surface area (Å²) in [4.78, 5) is 2.08. The Morgan fingerprint density at radius 2 is 2.17 bits per heavy atom. The van der Waals surface area contributed by atoms with E-state index in [0.29, 0.717) is 11.3 Å². The van der Waals surface area contributed by atoms with E-state index in [4.69, 9.17) is 5.11 Å². The Bertz CT molecular complexity index is 422. The number of aliphatic hydroxyl groups excluding tert-OH is 1. The maximum atomic E-state index is 14.0. The van der Waals surface area contributed by atoms with Gasteiger partial charge in [0.2, 0.25) is 0 Å². The van der Waals surface area contributed by atoms with Crippen LogP contribution >= 0.6 is 0 Å². The molecule has 1 aliphatic heterocycles. The van der Waals surface area contributed by atoms with Gasteiger partial charge in [0.25, 0.3) is 0 Å². The van der Waals surface area contributed by atoms with Crippen LogP contribution in [0.4, 0.5) is 4.39 Å². The van der Waals surface area contributed by atoms with E-state index in [1.54, 1.807) is 18.2 Å². The zero-order valence-corrected chi connectivity index (χ0v) is 10.8. The van der Waals surface area contributed by atoms with Gasteiger partial charge in [0.05, 0.1) is 12.3 Å².